The van der Waals surface area contributed by atoms with Gasteiger partial charge in [0.2, 0.25) is 0 Å². The van der Waals surface area contributed by atoms with Crippen LogP contribution in [-0.2, 0) is 0 Å². The maximum absolute atomic E-state index is 6.35. The van der Waals surface area contributed by atoms with Gasteiger partial charge >= 0.3 is 0 Å². The fourth-order valence-electron chi connectivity index (χ4n) is 4.38. The minimum absolute atomic E-state index is 0.144. The van der Waals surface area contributed by atoms with Crippen molar-refractivity contribution in [2.75, 3.05) is 17.2 Å². The number of anilines is 3. The molecular weight excluding hydrogens is 282 g/mol. The van der Waals surface area contributed by atoms with E-state index in [0.29, 0.717) is 0 Å². The summed E-state index contributed by atoms with van der Waals surface area (Å²) in [5.41, 5.74) is 28.7. The highest BCUT2D eigenvalue weighted by atomic mass is 14.6. The first-order chi connectivity index (χ1) is 11.1. The van der Waals surface area contributed by atoms with Crippen LogP contribution in [0.15, 0.2) is 54.6 Å². The van der Waals surface area contributed by atoms with Crippen LogP contribution in [-0.4, -0.2) is 0 Å². The predicted octanol–water partition coefficient (Wildman–Crippen LogP) is 3.42. The van der Waals surface area contributed by atoms with Gasteiger partial charge in [0.15, 0.2) is 0 Å². The molecule has 23 heavy (non-hydrogen) atoms. The van der Waals surface area contributed by atoms with Crippen molar-refractivity contribution in [3.8, 4) is 0 Å². The Balaban J connectivity index is 1.92. The summed E-state index contributed by atoms with van der Waals surface area (Å²) in [6.45, 7) is 0. The first-order valence-electron chi connectivity index (χ1n) is 7.82. The van der Waals surface area contributed by atoms with Crippen molar-refractivity contribution in [2.24, 2.45) is 0 Å². The quantitative estimate of drug-likeness (QED) is 0.383. The summed E-state index contributed by atoms with van der Waals surface area (Å²) in [7, 11) is 0. The van der Waals surface area contributed by atoms with Gasteiger partial charge in [-0.25, -0.2) is 0 Å². The Morgan fingerprint density at radius 1 is 0.565 bits per heavy atom. The van der Waals surface area contributed by atoms with Crippen molar-refractivity contribution in [3.05, 3.63) is 88.0 Å². The third-order valence-electron chi connectivity index (χ3n) is 5.24. The van der Waals surface area contributed by atoms with E-state index in [4.69, 9.17) is 17.2 Å². The molecule has 3 aliphatic carbocycles. The molecule has 0 amide bonds. The van der Waals surface area contributed by atoms with E-state index in [1.807, 2.05) is 24.3 Å². The summed E-state index contributed by atoms with van der Waals surface area (Å²) in [6.07, 6.45) is 0. The summed E-state index contributed by atoms with van der Waals surface area (Å²) in [4.78, 5) is 0. The lowest BCUT2D eigenvalue weighted by atomic mass is 9.60. The second-order valence-corrected chi connectivity index (χ2v) is 6.49. The van der Waals surface area contributed by atoms with Crippen molar-refractivity contribution < 1.29 is 0 Å². The van der Waals surface area contributed by atoms with Gasteiger partial charge in [-0.1, -0.05) is 24.3 Å². The number of rotatable bonds is 0. The molecule has 0 spiro atoms. The summed E-state index contributed by atoms with van der Waals surface area (Å²) in [5.74, 6) is 0.331. The molecule has 3 heteroatoms. The van der Waals surface area contributed by atoms with Gasteiger partial charge in [-0.15, -0.1) is 0 Å². The molecule has 3 aromatic rings. The standard InChI is InChI=1S/C20H17N3/c21-10-5-7-13-15(8-10)18-12-6-4-11(22)9-16(12)19(13)20-14(18)2-1-3-17(20)23/h1-9,18-19H,21-23H2. The monoisotopic (exact) mass is 299 g/mol. The lowest BCUT2D eigenvalue weighted by Gasteiger charge is -2.42. The number of benzene rings is 3. The van der Waals surface area contributed by atoms with Crippen LogP contribution in [0.25, 0.3) is 0 Å². The Morgan fingerprint density at radius 3 is 1.87 bits per heavy atom. The number of hydrogen-bond donors (Lipinski definition) is 3. The van der Waals surface area contributed by atoms with Gasteiger partial charge < -0.3 is 17.2 Å². The molecule has 2 atom stereocenters. The van der Waals surface area contributed by atoms with E-state index in [0.717, 1.165) is 17.1 Å². The van der Waals surface area contributed by atoms with Gasteiger partial charge in [-0.2, -0.15) is 0 Å². The van der Waals surface area contributed by atoms with Crippen LogP contribution in [0.4, 0.5) is 17.1 Å². The molecule has 0 radical (unpaired) electrons. The number of nitrogen functional groups attached to an aromatic ring is 3. The first-order valence-corrected chi connectivity index (χ1v) is 7.82. The van der Waals surface area contributed by atoms with E-state index in [-0.39, 0.29) is 11.8 Å². The number of hydrogen-bond acceptors (Lipinski definition) is 3. The van der Waals surface area contributed by atoms with E-state index >= 15 is 0 Å². The SMILES string of the molecule is Nc1ccc2c(c1)C1c3ccc(N)cc3C2c2c(N)cccc21. The molecule has 0 aromatic heterocycles. The molecule has 0 saturated carbocycles. The second kappa shape index (κ2) is 4.07. The van der Waals surface area contributed by atoms with Crippen LogP contribution >= 0.6 is 0 Å². The smallest absolute Gasteiger partial charge is 0.0370 e. The zero-order chi connectivity index (χ0) is 15.7. The van der Waals surface area contributed by atoms with Crippen LogP contribution in [0.2, 0.25) is 0 Å². The van der Waals surface area contributed by atoms with Crippen molar-refractivity contribution in [1.82, 2.24) is 0 Å². The van der Waals surface area contributed by atoms with Crippen LogP contribution in [0.1, 0.15) is 45.2 Å². The molecule has 0 aliphatic heterocycles. The highest BCUT2D eigenvalue weighted by Crippen LogP contribution is 2.57. The molecule has 2 bridgehead atoms. The molecule has 3 nitrogen and oxygen atoms in total. The highest BCUT2D eigenvalue weighted by Gasteiger charge is 2.42. The normalized spacial score (nSPS) is 19.8. The van der Waals surface area contributed by atoms with Crippen LogP contribution in [0, 0.1) is 0 Å². The van der Waals surface area contributed by atoms with E-state index in [1.54, 1.807) is 0 Å². The van der Waals surface area contributed by atoms with Gasteiger partial charge in [-0.3, -0.25) is 0 Å². The average molecular weight is 299 g/mol. The second-order valence-electron chi connectivity index (χ2n) is 6.49. The molecule has 0 fully saturated rings. The third-order valence-corrected chi connectivity index (χ3v) is 5.24. The van der Waals surface area contributed by atoms with Gasteiger partial charge in [0, 0.05) is 28.9 Å². The Bertz CT molecular complexity index is 973. The Hall–Kier alpha value is -2.94. The molecule has 112 valence electrons. The van der Waals surface area contributed by atoms with Crippen molar-refractivity contribution in [3.63, 3.8) is 0 Å². The molecule has 6 rings (SSSR count). The summed E-state index contributed by atoms with van der Waals surface area (Å²) in [6, 6.07) is 18.7. The van der Waals surface area contributed by atoms with E-state index in [2.05, 4.69) is 30.3 Å². The summed E-state index contributed by atoms with van der Waals surface area (Å²) >= 11 is 0. The molecular formula is C20H17N3. The zero-order valence-corrected chi connectivity index (χ0v) is 12.6. The summed E-state index contributed by atoms with van der Waals surface area (Å²) < 4.78 is 0. The molecule has 6 N–H and O–H groups in total. The lowest BCUT2D eigenvalue weighted by Crippen LogP contribution is -2.28. The van der Waals surface area contributed by atoms with E-state index in [1.165, 1.54) is 33.4 Å². The molecule has 3 aromatic carbocycles. The van der Waals surface area contributed by atoms with Gasteiger partial charge in [0.05, 0.1) is 0 Å². The Kier molecular flexibility index (Phi) is 2.23. The summed E-state index contributed by atoms with van der Waals surface area (Å²) in [5, 5.41) is 0. The van der Waals surface area contributed by atoms with Gasteiger partial charge in [-0.05, 0) is 63.7 Å². The van der Waals surface area contributed by atoms with Crippen LogP contribution in [0.5, 0.6) is 0 Å². The maximum Gasteiger partial charge on any atom is 0.0370 e. The zero-order valence-electron chi connectivity index (χ0n) is 12.6. The van der Waals surface area contributed by atoms with Gasteiger partial charge in [0.1, 0.15) is 0 Å². The minimum Gasteiger partial charge on any atom is -0.399 e. The van der Waals surface area contributed by atoms with Crippen LogP contribution in [0.3, 0.4) is 0 Å². The number of nitrogens with two attached hydrogens (primary N) is 3. The molecule has 2 unspecified atom stereocenters. The fraction of sp³-hybridized carbons (Fsp3) is 0.100. The fourth-order valence-corrected chi connectivity index (χ4v) is 4.38. The van der Waals surface area contributed by atoms with Crippen LogP contribution < -0.4 is 17.2 Å². The molecule has 0 saturated heterocycles. The minimum atomic E-state index is 0.144. The third kappa shape index (κ3) is 1.49. The average Bonchev–Trinajstić information content (AvgIpc) is 2.54. The lowest BCUT2D eigenvalue weighted by molar-refractivity contribution is 0.757. The van der Waals surface area contributed by atoms with Crippen molar-refractivity contribution in [2.45, 2.75) is 11.8 Å². The largest absolute Gasteiger partial charge is 0.399 e. The molecule has 3 aliphatic rings. The first kappa shape index (κ1) is 12.6. The van der Waals surface area contributed by atoms with E-state index in [9.17, 15) is 0 Å². The predicted molar refractivity (Wildman–Crippen MR) is 94.5 cm³/mol. The van der Waals surface area contributed by atoms with Crippen molar-refractivity contribution >= 4 is 17.1 Å². The maximum atomic E-state index is 6.35. The Morgan fingerprint density at radius 2 is 1.17 bits per heavy atom. The van der Waals surface area contributed by atoms with Crippen molar-refractivity contribution in [1.29, 1.82) is 0 Å². The highest BCUT2D eigenvalue weighted by molar-refractivity contribution is 5.75. The molecule has 0 heterocycles. The Labute approximate surface area is 134 Å². The van der Waals surface area contributed by atoms with Gasteiger partial charge in [0.25, 0.3) is 0 Å². The topological polar surface area (TPSA) is 78.1 Å². The van der Waals surface area contributed by atoms with E-state index < -0.39 is 0 Å².